The fourth-order valence-corrected chi connectivity index (χ4v) is 3.40. The first-order valence-electron chi connectivity index (χ1n) is 7.54. The van der Waals surface area contributed by atoms with Crippen molar-refractivity contribution in [1.82, 2.24) is 15.0 Å². The average Bonchev–Trinajstić information content (AvgIpc) is 2.97. The molecule has 6 heteroatoms. The Bertz CT molecular complexity index is 762. The first-order chi connectivity index (χ1) is 10.8. The highest BCUT2D eigenvalue weighted by molar-refractivity contribution is 5.96. The van der Waals surface area contributed by atoms with Crippen molar-refractivity contribution >= 4 is 11.7 Å². The van der Waals surface area contributed by atoms with Gasteiger partial charge in [0.25, 0.3) is 5.91 Å². The van der Waals surface area contributed by atoms with Gasteiger partial charge in [-0.1, -0.05) is 35.5 Å². The molecule has 6 nitrogen and oxygen atoms in total. The van der Waals surface area contributed by atoms with Gasteiger partial charge in [0.2, 0.25) is 0 Å². The van der Waals surface area contributed by atoms with Gasteiger partial charge < -0.3 is 11.1 Å². The lowest BCUT2D eigenvalue weighted by Gasteiger charge is -2.33. The Kier molecular flexibility index (Phi) is 2.96. The number of fused-ring (bicyclic) bond motifs is 1. The van der Waals surface area contributed by atoms with Crippen molar-refractivity contribution in [1.29, 1.82) is 0 Å². The van der Waals surface area contributed by atoms with Crippen LogP contribution in [-0.2, 0) is 0 Å². The molecule has 1 aromatic heterocycles. The molecule has 2 aliphatic rings. The zero-order chi connectivity index (χ0) is 15.1. The van der Waals surface area contributed by atoms with Crippen molar-refractivity contribution < 1.29 is 4.79 Å². The lowest BCUT2D eigenvalue weighted by Crippen LogP contribution is -2.28. The molecule has 0 radical (unpaired) electrons. The zero-order valence-electron chi connectivity index (χ0n) is 12.1. The number of amides is 1. The first kappa shape index (κ1) is 13.1. The van der Waals surface area contributed by atoms with E-state index < -0.39 is 5.91 Å². The van der Waals surface area contributed by atoms with Gasteiger partial charge >= 0.3 is 0 Å². The molecule has 1 unspecified atom stereocenters. The van der Waals surface area contributed by atoms with E-state index in [1.54, 1.807) is 4.68 Å². The third kappa shape index (κ3) is 1.91. The van der Waals surface area contributed by atoms with E-state index in [9.17, 15) is 4.79 Å². The summed E-state index contributed by atoms with van der Waals surface area (Å²) in [5, 5.41) is 11.5. The number of nitrogens with zero attached hydrogens (tertiary/aromatic N) is 3. The minimum Gasteiger partial charge on any atom is -0.364 e. The van der Waals surface area contributed by atoms with Crippen LogP contribution < -0.4 is 11.1 Å². The molecule has 1 atom stereocenters. The van der Waals surface area contributed by atoms with Gasteiger partial charge in [-0.25, -0.2) is 4.68 Å². The number of primary amides is 1. The van der Waals surface area contributed by atoms with Crippen LogP contribution in [0.4, 0.5) is 5.82 Å². The fourth-order valence-electron chi connectivity index (χ4n) is 3.40. The standard InChI is InChI=1S/C16H17N5O/c17-15(22)13-16-18-12-9-5-4-8-11(12)14(21(16)20-19-13)10-6-2-1-3-7-10/h1-3,6-7,14,18H,4-5,8-9H2,(H2,17,22). The molecule has 0 fully saturated rings. The molecular weight excluding hydrogens is 278 g/mol. The number of anilines is 1. The molecule has 2 heterocycles. The Morgan fingerprint density at radius 2 is 2.00 bits per heavy atom. The van der Waals surface area contributed by atoms with E-state index in [1.165, 1.54) is 17.7 Å². The van der Waals surface area contributed by atoms with Crippen LogP contribution in [0.5, 0.6) is 0 Å². The Balaban J connectivity index is 1.90. The van der Waals surface area contributed by atoms with Crippen molar-refractivity contribution in [3.63, 3.8) is 0 Å². The Hall–Kier alpha value is -2.63. The third-order valence-corrected chi connectivity index (χ3v) is 4.40. The number of hydrogen-bond donors (Lipinski definition) is 2. The molecule has 112 valence electrons. The Morgan fingerprint density at radius 1 is 1.23 bits per heavy atom. The van der Waals surface area contributed by atoms with Gasteiger partial charge in [0.15, 0.2) is 11.5 Å². The van der Waals surface area contributed by atoms with E-state index >= 15 is 0 Å². The number of hydrogen-bond acceptors (Lipinski definition) is 4. The molecule has 0 saturated carbocycles. The predicted octanol–water partition coefficient (Wildman–Crippen LogP) is 2.22. The van der Waals surface area contributed by atoms with Crippen molar-refractivity contribution in [3.8, 4) is 0 Å². The van der Waals surface area contributed by atoms with E-state index in [1.807, 2.05) is 18.2 Å². The molecule has 22 heavy (non-hydrogen) atoms. The third-order valence-electron chi connectivity index (χ3n) is 4.40. The highest BCUT2D eigenvalue weighted by Gasteiger charge is 2.34. The second-order valence-corrected chi connectivity index (χ2v) is 5.74. The Labute approximate surface area is 128 Å². The molecule has 2 aromatic rings. The number of nitrogens with two attached hydrogens (primary N) is 1. The van der Waals surface area contributed by atoms with Crippen LogP contribution in [0.25, 0.3) is 0 Å². The van der Waals surface area contributed by atoms with Gasteiger partial charge in [0, 0.05) is 5.70 Å². The van der Waals surface area contributed by atoms with Crippen molar-refractivity contribution in [2.24, 2.45) is 5.73 Å². The van der Waals surface area contributed by atoms with E-state index in [4.69, 9.17) is 5.73 Å². The Morgan fingerprint density at radius 3 is 2.77 bits per heavy atom. The molecule has 3 N–H and O–H groups in total. The SMILES string of the molecule is NC(=O)c1nnn2c1NC1=C(CCCC1)C2c1ccccc1. The molecule has 4 rings (SSSR count). The van der Waals surface area contributed by atoms with Crippen LogP contribution in [0, 0.1) is 0 Å². The minimum absolute atomic E-state index is 0.00616. The number of nitrogens with one attached hydrogen (secondary N) is 1. The molecular formula is C16H17N5O. The molecule has 0 bridgehead atoms. The number of rotatable bonds is 2. The summed E-state index contributed by atoms with van der Waals surface area (Å²) < 4.78 is 1.79. The minimum atomic E-state index is -0.555. The highest BCUT2D eigenvalue weighted by atomic mass is 16.1. The number of carbonyl (C=O) groups is 1. The van der Waals surface area contributed by atoms with Gasteiger partial charge in [0.05, 0.1) is 0 Å². The van der Waals surface area contributed by atoms with Crippen LogP contribution >= 0.6 is 0 Å². The summed E-state index contributed by atoms with van der Waals surface area (Å²) >= 11 is 0. The quantitative estimate of drug-likeness (QED) is 0.889. The topological polar surface area (TPSA) is 85.8 Å². The molecule has 1 aromatic carbocycles. The van der Waals surface area contributed by atoms with Gasteiger partial charge in [-0.15, -0.1) is 5.10 Å². The van der Waals surface area contributed by atoms with Gasteiger partial charge in [-0.2, -0.15) is 0 Å². The molecule has 1 amide bonds. The summed E-state index contributed by atoms with van der Waals surface area (Å²) in [5.41, 5.74) is 9.31. The first-order valence-corrected chi connectivity index (χ1v) is 7.54. The van der Waals surface area contributed by atoms with E-state index in [2.05, 4.69) is 27.8 Å². The van der Waals surface area contributed by atoms with Crippen LogP contribution in [0.15, 0.2) is 41.6 Å². The molecule has 1 aliphatic heterocycles. The second-order valence-electron chi connectivity index (χ2n) is 5.74. The van der Waals surface area contributed by atoms with Crippen LogP contribution in [0.1, 0.15) is 47.8 Å². The maximum atomic E-state index is 11.6. The monoisotopic (exact) mass is 295 g/mol. The second kappa shape index (κ2) is 4.98. The maximum Gasteiger partial charge on any atom is 0.273 e. The molecule has 0 saturated heterocycles. The summed E-state index contributed by atoms with van der Waals surface area (Å²) in [6.07, 6.45) is 4.35. The largest absolute Gasteiger partial charge is 0.364 e. The fraction of sp³-hybridized carbons (Fsp3) is 0.312. The van der Waals surface area contributed by atoms with Crippen molar-refractivity contribution in [3.05, 3.63) is 52.9 Å². The van der Waals surface area contributed by atoms with Gasteiger partial charge in [-0.3, -0.25) is 4.79 Å². The summed E-state index contributed by atoms with van der Waals surface area (Å²) in [6, 6.07) is 10.2. The average molecular weight is 295 g/mol. The van der Waals surface area contributed by atoms with Gasteiger partial charge in [0.1, 0.15) is 6.04 Å². The van der Waals surface area contributed by atoms with E-state index in [0.29, 0.717) is 5.82 Å². The smallest absolute Gasteiger partial charge is 0.273 e. The van der Waals surface area contributed by atoms with E-state index in [0.717, 1.165) is 24.8 Å². The summed E-state index contributed by atoms with van der Waals surface area (Å²) in [7, 11) is 0. The normalized spacial score (nSPS) is 20.1. The number of carbonyl (C=O) groups excluding carboxylic acids is 1. The summed E-state index contributed by atoms with van der Waals surface area (Å²) in [4.78, 5) is 11.6. The number of aromatic nitrogens is 3. The van der Waals surface area contributed by atoms with E-state index in [-0.39, 0.29) is 11.7 Å². The lowest BCUT2D eigenvalue weighted by molar-refractivity contribution is 0.0996. The van der Waals surface area contributed by atoms with Crippen LogP contribution in [-0.4, -0.2) is 20.9 Å². The summed E-state index contributed by atoms with van der Waals surface area (Å²) in [6.45, 7) is 0. The summed E-state index contributed by atoms with van der Waals surface area (Å²) in [5.74, 6) is 0.0578. The maximum absolute atomic E-state index is 11.6. The predicted molar refractivity (Wildman–Crippen MR) is 82.2 cm³/mol. The molecule has 0 spiro atoms. The van der Waals surface area contributed by atoms with Crippen molar-refractivity contribution in [2.45, 2.75) is 31.7 Å². The molecule has 1 aliphatic carbocycles. The highest BCUT2D eigenvalue weighted by Crippen LogP contribution is 2.42. The van der Waals surface area contributed by atoms with Gasteiger partial charge in [-0.05, 0) is 36.8 Å². The number of allylic oxidation sites excluding steroid dienone is 2. The van der Waals surface area contributed by atoms with Crippen LogP contribution in [0.3, 0.4) is 0 Å². The van der Waals surface area contributed by atoms with Crippen LogP contribution in [0.2, 0.25) is 0 Å². The lowest BCUT2D eigenvalue weighted by atomic mass is 9.86. The number of benzene rings is 1. The van der Waals surface area contributed by atoms with Crippen molar-refractivity contribution in [2.75, 3.05) is 5.32 Å². The zero-order valence-corrected chi connectivity index (χ0v) is 12.1.